The molecule has 0 amide bonds. The zero-order valence-electron chi connectivity index (χ0n) is 15.6. The van der Waals surface area contributed by atoms with Gasteiger partial charge in [-0.15, -0.1) is 0 Å². The second-order valence-electron chi connectivity index (χ2n) is 8.54. The Kier molecular flexibility index (Phi) is 7.95. The minimum Gasteiger partial charge on any atom is -0.252 e. The van der Waals surface area contributed by atoms with Crippen LogP contribution in [-0.4, -0.2) is 34.3 Å². The Morgan fingerprint density at radius 1 is 0.636 bits per heavy atom. The van der Waals surface area contributed by atoms with E-state index in [0.717, 1.165) is 0 Å². The van der Waals surface area contributed by atoms with Crippen LogP contribution in [0, 0.1) is 0 Å². The van der Waals surface area contributed by atoms with Crippen LogP contribution in [-0.2, 0) is 24.4 Å². The van der Waals surface area contributed by atoms with Crippen molar-refractivity contribution in [1.82, 2.24) is 0 Å². The lowest BCUT2D eigenvalue weighted by molar-refractivity contribution is -0.426. The molecule has 0 spiro atoms. The van der Waals surface area contributed by atoms with Crippen LogP contribution in [0.15, 0.2) is 0 Å². The molecule has 1 atom stereocenters. The van der Waals surface area contributed by atoms with Crippen molar-refractivity contribution in [1.29, 1.82) is 0 Å². The molecule has 0 radical (unpaired) electrons. The second-order valence-corrected chi connectivity index (χ2v) is 8.54. The fraction of sp³-hybridized carbons (Fsp3) is 1.00. The standard InChI is InChI=1S/C16H34O6/c1-13(2,3)19-21-15(7,8)10-11-16(9,12-18-17)22-20-14(4,5)6/h17H,10-12H2,1-9H3. The minimum atomic E-state index is -0.787. The largest absolute Gasteiger partial charge is 0.252 e. The summed E-state index contributed by atoms with van der Waals surface area (Å²) in [4.78, 5) is 26.0. The van der Waals surface area contributed by atoms with Crippen LogP contribution in [0.2, 0.25) is 0 Å². The summed E-state index contributed by atoms with van der Waals surface area (Å²) in [6.45, 7) is 17.1. The van der Waals surface area contributed by atoms with Gasteiger partial charge < -0.3 is 0 Å². The van der Waals surface area contributed by atoms with Crippen molar-refractivity contribution in [3.8, 4) is 0 Å². The lowest BCUT2D eigenvalue weighted by atomic mass is 9.93. The molecule has 6 heteroatoms. The third-order valence-electron chi connectivity index (χ3n) is 2.64. The van der Waals surface area contributed by atoms with Crippen LogP contribution in [0.5, 0.6) is 0 Å². The maximum Gasteiger partial charge on any atom is 0.127 e. The predicted molar refractivity (Wildman–Crippen MR) is 84.1 cm³/mol. The Hall–Kier alpha value is -0.240. The Morgan fingerprint density at radius 3 is 1.50 bits per heavy atom. The van der Waals surface area contributed by atoms with E-state index in [1.807, 2.05) is 62.3 Å². The molecule has 1 N–H and O–H groups in total. The van der Waals surface area contributed by atoms with Gasteiger partial charge in [0.2, 0.25) is 0 Å². The van der Waals surface area contributed by atoms with Crippen molar-refractivity contribution in [2.45, 2.75) is 97.6 Å². The summed E-state index contributed by atoms with van der Waals surface area (Å²) in [5.74, 6) is 0. The quantitative estimate of drug-likeness (QED) is 0.504. The van der Waals surface area contributed by atoms with Crippen molar-refractivity contribution < 1.29 is 29.7 Å². The molecule has 0 bridgehead atoms. The average molecular weight is 322 g/mol. The van der Waals surface area contributed by atoms with Gasteiger partial charge in [0.25, 0.3) is 0 Å². The van der Waals surface area contributed by atoms with Crippen molar-refractivity contribution in [3.63, 3.8) is 0 Å². The SMILES string of the molecule is CC(C)(C)OOC(C)(C)CCC(C)(COO)OOC(C)(C)C. The molecule has 0 aromatic rings. The molecule has 0 saturated heterocycles. The van der Waals surface area contributed by atoms with E-state index in [-0.39, 0.29) is 12.2 Å². The highest BCUT2D eigenvalue weighted by atomic mass is 17.2. The summed E-state index contributed by atoms with van der Waals surface area (Å²) in [6.07, 6.45) is 1.20. The van der Waals surface area contributed by atoms with Gasteiger partial charge >= 0.3 is 0 Å². The van der Waals surface area contributed by atoms with Gasteiger partial charge in [-0.2, -0.15) is 0 Å². The average Bonchev–Trinajstić information content (AvgIpc) is 2.31. The van der Waals surface area contributed by atoms with Crippen molar-refractivity contribution in [2.24, 2.45) is 0 Å². The molecule has 1 unspecified atom stereocenters. The molecule has 6 nitrogen and oxygen atoms in total. The van der Waals surface area contributed by atoms with Gasteiger partial charge in [-0.25, -0.2) is 24.4 Å². The first-order valence-corrected chi connectivity index (χ1v) is 7.68. The van der Waals surface area contributed by atoms with Crippen LogP contribution in [0.3, 0.4) is 0 Å². The molecular formula is C16H34O6. The van der Waals surface area contributed by atoms with Crippen LogP contribution in [0.4, 0.5) is 0 Å². The van der Waals surface area contributed by atoms with Crippen LogP contribution in [0.1, 0.15) is 75.2 Å². The fourth-order valence-corrected chi connectivity index (χ4v) is 1.34. The molecule has 0 heterocycles. The molecule has 0 aromatic heterocycles. The highest BCUT2D eigenvalue weighted by molar-refractivity contribution is 4.79. The van der Waals surface area contributed by atoms with Crippen molar-refractivity contribution >= 4 is 0 Å². The maximum absolute atomic E-state index is 8.78. The molecule has 134 valence electrons. The second kappa shape index (κ2) is 8.04. The van der Waals surface area contributed by atoms with E-state index in [1.54, 1.807) is 0 Å². The first-order valence-electron chi connectivity index (χ1n) is 7.68. The van der Waals surface area contributed by atoms with Gasteiger partial charge in [0.05, 0.1) is 16.8 Å². The van der Waals surface area contributed by atoms with Crippen LogP contribution < -0.4 is 0 Å². The first kappa shape index (κ1) is 21.8. The molecular weight excluding hydrogens is 288 g/mol. The van der Waals surface area contributed by atoms with Gasteiger partial charge in [-0.3, -0.25) is 5.26 Å². The van der Waals surface area contributed by atoms with Gasteiger partial charge in [-0.05, 0) is 75.2 Å². The smallest absolute Gasteiger partial charge is 0.127 e. The zero-order valence-corrected chi connectivity index (χ0v) is 15.6. The summed E-state index contributed by atoms with van der Waals surface area (Å²) >= 11 is 0. The number of rotatable bonds is 9. The summed E-state index contributed by atoms with van der Waals surface area (Å²) in [5, 5.41) is 8.78. The fourth-order valence-electron chi connectivity index (χ4n) is 1.34. The van der Waals surface area contributed by atoms with Gasteiger partial charge in [0, 0.05) is 0 Å². The molecule has 22 heavy (non-hydrogen) atoms. The van der Waals surface area contributed by atoms with E-state index >= 15 is 0 Å². The predicted octanol–water partition coefficient (Wildman–Crippen LogP) is 4.29. The number of hydrogen-bond acceptors (Lipinski definition) is 6. The van der Waals surface area contributed by atoms with Gasteiger partial charge in [0.1, 0.15) is 12.2 Å². The topological polar surface area (TPSA) is 66.4 Å². The normalized spacial score (nSPS) is 16.6. The highest BCUT2D eigenvalue weighted by Crippen LogP contribution is 2.28. The maximum atomic E-state index is 8.78. The first-order chi connectivity index (χ1) is 9.68. The van der Waals surface area contributed by atoms with E-state index in [0.29, 0.717) is 12.8 Å². The zero-order chi connectivity index (χ0) is 17.7. The Morgan fingerprint density at radius 2 is 1.09 bits per heavy atom. The van der Waals surface area contributed by atoms with Crippen molar-refractivity contribution in [3.05, 3.63) is 0 Å². The van der Waals surface area contributed by atoms with Gasteiger partial charge in [0.15, 0.2) is 0 Å². The highest BCUT2D eigenvalue weighted by Gasteiger charge is 2.34. The summed E-state index contributed by atoms with van der Waals surface area (Å²) in [6, 6.07) is 0. The van der Waals surface area contributed by atoms with E-state index in [4.69, 9.17) is 24.8 Å². The third kappa shape index (κ3) is 11.3. The molecule has 0 aromatic carbocycles. The molecule has 0 aliphatic rings. The van der Waals surface area contributed by atoms with E-state index < -0.39 is 16.8 Å². The van der Waals surface area contributed by atoms with E-state index in [2.05, 4.69) is 4.89 Å². The summed E-state index contributed by atoms with van der Waals surface area (Å²) in [5.41, 5.74) is -2.11. The Labute approximate surface area is 134 Å². The van der Waals surface area contributed by atoms with E-state index in [1.165, 1.54) is 0 Å². The molecule has 0 saturated carbocycles. The summed E-state index contributed by atoms with van der Waals surface area (Å²) in [7, 11) is 0. The number of hydrogen-bond donors (Lipinski definition) is 1. The third-order valence-corrected chi connectivity index (χ3v) is 2.64. The minimum absolute atomic E-state index is 0.000706. The monoisotopic (exact) mass is 322 g/mol. The van der Waals surface area contributed by atoms with Crippen LogP contribution in [0.25, 0.3) is 0 Å². The summed E-state index contributed by atoms with van der Waals surface area (Å²) < 4.78 is 0. The molecule has 0 rings (SSSR count). The Balaban J connectivity index is 4.55. The van der Waals surface area contributed by atoms with Crippen molar-refractivity contribution in [2.75, 3.05) is 6.61 Å². The molecule has 0 aliphatic carbocycles. The Bertz CT molecular complexity index is 316. The molecule has 0 aliphatic heterocycles. The van der Waals surface area contributed by atoms with Gasteiger partial charge in [-0.1, -0.05) is 0 Å². The van der Waals surface area contributed by atoms with Crippen LogP contribution >= 0.6 is 0 Å². The lowest BCUT2D eigenvalue weighted by Crippen LogP contribution is -2.40. The molecule has 0 fully saturated rings. The van der Waals surface area contributed by atoms with E-state index in [9.17, 15) is 0 Å². The lowest BCUT2D eigenvalue weighted by Gasteiger charge is -2.34.